The summed E-state index contributed by atoms with van der Waals surface area (Å²) in [5.74, 6) is -0.786. The van der Waals surface area contributed by atoms with Gasteiger partial charge in [-0.1, -0.05) is 6.92 Å². The van der Waals surface area contributed by atoms with Crippen molar-refractivity contribution in [2.24, 2.45) is 5.73 Å². The predicted octanol–water partition coefficient (Wildman–Crippen LogP) is -0.449. The minimum absolute atomic E-state index is 0.122. The van der Waals surface area contributed by atoms with Gasteiger partial charge in [-0.15, -0.1) is 0 Å². The fraction of sp³-hybridized carbons (Fsp3) is 0.667. The molecule has 1 aromatic rings. The Morgan fingerprint density at radius 1 is 1.52 bits per heavy atom. The molecule has 1 aliphatic heterocycles. The summed E-state index contributed by atoms with van der Waals surface area (Å²) in [5, 5.41) is 4.16. The molecule has 128 valence electrons. The van der Waals surface area contributed by atoms with Crippen LogP contribution in [0.1, 0.15) is 23.7 Å². The number of morpholine rings is 1. The Kier molecular flexibility index (Phi) is 6.12. The zero-order valence-corrected chi connectivity index (χ0v) is 13.8. The third-order valence-electron chi connectivity index (χ3n) is 3.73. The highest BCUT2D eigenvalue weighted by atomic mass is 16.5. The smallest absolute Gasteiger partial charge is 0.257 e. The Morgan fingerprint density at radius 3 is 2.96 bits per heavy atom. The van der Waals surface area contributed by atoms with Gasteiger partial charge in [0.1, 0.15) is 0 Å². The number of carbonyl (C=O) groups excluding carboxylic acids is 2. The average Bonchev–Trinajstić information content (AvgIpc) is 2.94. The number of rotatable bonds is 7. The fourth-order valence-corrected chi connectivity index (χ4v) is 2.64. The van der Waals surface area contributed by atoms with Crippen molar-refractivity contribution in [2.75, 3.05) is 39.8 Å². The van der Waals surface area contributed by atoms with Crippen LogP contribution in [0.3, 0.4) is 0 Å². The van der Waals surface area contributed by atoms with E-state index in [1.165, 1.54) is 11.1 Å². The molecule has 0 bridgehead atoms. The van der Waals surface area contributed by atoms with E-state index in [2.05, 4.69) is 10.00 Å². The zero-order chi connectivity index (χ0) is 16.8. The van der Waals surface area contributed by atoms with Gasteiger partial charge in [0.25, 0.3) is 5.91 Å². The van der Waals surface area contributed by atoms with Crippen LogP contribution in [-0.4, -0.2) is 77.3 Å². The van der Waals surface area contributed by atoms with E-state index in [9.17, 15) is 9.59 Å². The normalized spacial score (nSPS) is 18.8. The first-order valence-corrected chi connectivity index (χ1v) is 7.89. The maximum atomic E-state index is 12.6. The maximum absolute atomic E-state index is 12.6. The number of nitrogens with two attached hydrogens (primary N) is 1. The van der Waals surface area contributed by atoms with Gasteiger partial charge in [-0.2, -0.15) is 5.10 Å². The molecule has 1 saturated heterocycles. The van der Waals surface area contributed by atoms with Crippen LogP contribution in [0.2, 0.25) is 0 Å². The van der Waals surface area contributed by atoms with E-state index in [4.69, 9.17) is 10.5 Å². The lowest BCUT2D eigenvalue weighted by Crippen LogP contribution is -2.49. The number of likely N-dealkylation sites (N-methyl/N-ethyl adjacent to an activating group) is 1. The average molecular weight is 323 g/mol. The summed E-state index contributed by atoms with van der Waals surface area (Å²) >= 11 is 0. The van der Waals surface area contributed by atoms with Crippen molar-refractivity contribution < 1.29 is 14.3 Å². The maximum Gasteiger partial charge on any atom is 0.257 e. The van der Waals surface area contributed by atoms with Crippen LogP contribution in [0.5, 0.6) is 0 Å². The number of aromatic nitrogens is 2. The Bertz CT molecular complexity index is 545. The van der Waals surface area contributed by atoms with Crippen LogP contribution in [0.15, 0.2) is 12.4 Å². The lowest BCUT2D eigenvalue weighted by atomic mass is 10.2. The number of primary amides is 1. The van der Waals surface area contributed by atoms with E-state index in [0.29, 0.717) is 18.7 Å². The molecule has 2 heterocycles. The van der Waals surface area contributed by atoms with Crippen molar-refractivity contribution in [2.45, 2.75) is 26.0 Å². The Labute approximate surface area is 136 Å². The lowest BCUT2D eigenvalue weighted by Gasteiger charge is -2.33. The van der Waals surface area contributed by atoms with Crippen molar-refractivity contribution in [1.29, 1.82) is 0 Å². The fourth-order valence-electron chi connectivity index (χ4n) is 2.64. The first-order valence-electron chi connectivity index (χ1n) is 7.89. The largest absolute Gasteiger partial charge is 0.374 e. The Balaban J connectivity index is 2.06. The van der Waals surface area contributed by atoms with Gasteiger partial charge < -0.3 is 20.3 Å². The molecule has 0 unspecified atom stereocenters. The molecule has 2 N–H and O–H groups in total. The molecule has 0 aromatic carbocycles. The van der Waals surface area contributed by atoms with Gasteiger partial charge in [-0.05, 0) is 13.5 Å². The molecule has 23 heavy (non-hydrogen) atoms. The van der Waals surface area contributed by atoms with Crippen molar-refractivity contribution >= 4 is 11.8 Å². The van der Waals surface area contributed by atoms with E-state index >= 15 is 0 Å². The molecular formula is C15H25N5O3. The monoisotopic (exact) mass is 323 g/mol. The second kappa shape index (κ2) is 8.07. The number of carbonyl (C=O) groups is 2. The van der Waals surface area contributed by atoms with Crippen LogP contribution < -0.4 is 5.73 Å². The van der Waals surface area contributed by atoms with Crippen molar-refractivity contribution in [3.63, 3.8) is 0 Å². The first kappa shape index (κ1) is 17.4. The molecule has 0 radical (unpaired) electrons. The van der Waals surface area contributed by atoms with Crippen molar-refractivity contribution in [1.82, 2.24) is 19.6 Å². The summed E-state index contributed by atoms with van der Waals surface area (Å²) in [7, 11) is 2.00. The van der Waals surface area contributed by atoms with Crippen LogP contribution in [0, 0.1) is 0 Å². The van der Waals surface area contributed by atoms with Crippen molar-refractivity contribution in [3.05, 3.63) is 18.0 Å². The highest BCUT2D eigenvalue weighted by molar-refractivity contribution is 5.95. The molecule has 0 spiro atoms. The van der Waals surface area contributed by atoms with Crippen LogP contribution in [0.4, 0.5) is 0 Å². The number of amides is 2. The van der Waals surface area contributed by atoms with Crippen LogP contribution in [0.25, 0.3) is 0 Å². The molecule has 8 heteroatoms. The van der Waals surface area contributed by atoms with E-state index in [1.807, 2.05) is 14.0 Å². The number of hydrogen-bond acceptors (Lipinski definition) is 5. The van der Waals surface area contributed by atoms with Crippen LogP contribution >= 0.6 is 0 Å². The molecule has 1 atom stereocenters. The summed E-state index contributed by atoms with van der Waals surface area (Å²) in [6.45, 7) is 5.21. The molecular weight excluding hydrogens is 298 g/mol. The molecule has 1 aromatic heterocycles. The molecule has 0 saturated carbocycles. The highest BCUT2D eigenvalue weighted by Crippen LogP contribution is 2.10. The van der Waals surface area contributed by atoms with Gasteiger partial charge in [0.15, 0.2) is 0 Å². The molecule has 2 amide bonds. The molecule has 1 aliphatic rings. The predicted molar refractivity (Wildman–Crippen MR) is 84.9 cm³/mol. The number of nitrogens with zero attached hydrogens (tertiary/aromatic N) is 4. The summed E-state index contributed by atoms with van der Waals surface area (Å²) in [5.41, 5.74) is 5.75. The van der Waals surface area contributed by atoms with Gasteiger partial charge in [0.05, 0.1) is 31.0 Å². The standard InChI is InChI=1S/C15H25N5O3/c1-3-4-20-8-12(7-17-20)15(22)19(11-14(16)21)10-13-9-18(2)5-6-23-13/h7-8,13H,3-6,9-11H2,1-2H3,(H2,16,21)/t13-/m1/s1. The zero-order valence-electron chi connectivity index (χ0n) is 13.8. The quantitative estimate of drug-likeness (QED) is 0.733. The third-order valence-corrected chi connectivity index (χ3v) is 3.73. The minimum Gasteiger partial charge on any atom is -0.374 e. The molecule has 1 fully saturated rings. The SMILES string of the molecule is CCCn1cc(C(=O)N(CC(N)=O)C[C@H]2CN(C)CCO2)cn1. The van der Waals surface area contributed by atoms with Crippen molar-refractivity contribution in [3.8, 4) is 0 Å². The molecule has 2 rings (SSSR count). The summed E-state index contributed by atoms with van der Waals surface area (Å²) in [6.07, 6.45) is 4.04. The summed E-state index contributed by atoms with van der Waals surface area (Å²) in [4.78, 5) is 27.5. The Morgan fingerprint density at radius 2 is 2.30 bits per heavy atom. The summed E-state index contributed by atoms with van der Waals surface area (Å²) in [6, 6.07) is 0. The molecule has 8 nitrogen and oxygen atoms in total. The third kappa shape index (κ3) is 5.04. The van der Waals surface area contributed by atoms with Crippen LogP contribution in [-0.2, 0) is 16.1 Å². The van der Waals surface area contributed by atoms with Gasteiger partial charge >= 0.3 is 0 Å². The van der Waals surface area contributed by atoms with E-state index in [1.54, 1.807) is 10.9 Å². The van der Waals surface area contributed by atoms with Gasteiger partial charge in [-0.3, -0.25) is 14.3 Å². The molecule has 0 aliphatic carbocycles. The van der Waals surface area contributed by atoms with E-state index in [0.717, 1.165) is 26.1 Å². The van der Waals surface area contributed by atoms with Gasteiger partial charge in [0, 0.05) is 32.4 Å². The number of ether oxygens (including phenoxy) is 1. The lowest BCUT2D eigenvalue weighted by molar-refractivity contribution is -0.119. The van der Waals surface area contributed by atoms with E-state index in [-0.39, 0.29) is 18.6 Å². The topological polar surface area (TPSA) is 93.7 Å². The first-order chi connectivity index (χ1) is 11.0. The number of aryl methyl sites for hydroxylation is 1. The van der Waals surface area contributed by atoms with Gasteiger partial charge in [-0.25, -0.2) is 0 Å². The second-order valence-electron chi connectivity index (χ2n) is 5.90. The highest BCUT2D eigenvalue weighted by Gasteiger charge is 2.26. The van der Waals surface area contributed by atoms with E-state index < -0.39 is 5.91 Å². The minimum atomic E-state index is -0.538. The Hall–Kier alpha value is -1.93. The van der Waals surface area contributed by atoms with Gasteiger partial charge in [0.2, 0.25) is 5.91 Å². The summed E-state index contributed by atoms with van der Waals surface area (Å²) < 4.78 is 7.40. The second-order valence-corrected chi connectivity index (χ2v) is 5.90. The number of hydrogen-bond donors (Lipinski definition) is 1.